The summed E-state index contributed by atoms with van der Waals surface area (Å²) in [5, 5.41) is 3.62. The van der Waals surface area contributed by atoms with Gasteiger partial charge < -0.3 is 10.2 Å². The topological polar surface area (TPSA) is 18.5 Å². The number of rotatable bonds is 6. The molecule has 0 aromatic heterocycles. The molecule has 0 unspecified atom stereocenters. The second-order valence-electron chi connectivity index (χ2n) is 8.29. The van der Waals surface area contributed by atoms with Gasteiger partial charge in [-0.3, -0.25) is 4.90 Å². The third kappa shape index (κ3) is 4.38. The number of likely N-dealkylation sites (tertiary alicyclic amines) is 1. The molecule has 0 saturated carbocycles. The van der Waals surface area contributed by atoms with E-state index in [1.54, 1.807) is 0 Å². The van der Waals surface area contributed by atoms with Gasteiger partial charge in [0.05, 0.1) is 0 Å². The highest BCUT2D eigenvalue weighted by Crippen LogP contribution is 2.40. The van der Waals surface area contributed by atoms with E-state index in [1.807, 2.05) is 0 Å². The van der Waals surface area contributed by atoms with E-state index in [2.05, 4.69) is 39.4 Å². The minimum atomic E-state index is 0.679. The molecule has 0 spiro atoms. The molecule has 3 saturated heterocycles. The number of hydrogen-bond acceptors (Lipinski definition) is 3. The summed E-state index contributed by atoms with van der Waals surface area (Å²) < 4.78 is 0. The maximum atomic E-state index is 3.62. The highest BCUT2D eigenvalue weighted by molar-refractivity contribution is 5.45. The van der Waals surface area contributed by atoms with Gasteiger partial charge in [0.15, 0.2) is 0 Å². The van der Waals surface area contributed by atoms with Gasteiger partial charge in [-0.15, -0.1) is 0 Å². The first kappa shape index (κ1) is 17.4. The Labute approximate surface area is 153 Å². The van der Waals surface area contributed by atoms with Crippen LogP contribution in [0.5, 0.6) is 0 Å². The summed E-state index contributed by atoms with van der Waals surface area (Å²) in [5.41, 5.74) is 2.82. The first-order chi connectivity index (χ1) is 12.4. The van der Waals surface area contributed by atoms with Crippen LogP contribution in [0.4, 0.5) is 5.69 Å². The van der Waals surface area contributed by atoms with Crippen molar-refractivity contribution in [3.8, 4) is 0 Å². The molecule has 0 amide bonds. The molecule has 3 heteroatoms. The molecule has 1 aromatic carbocycles. The van der Waals surface area contributed by atoms with Crippen LogP contribution >= 0.6 is 0 Å². The fourth-order valence-electron chi connectivity index (χ4n) is 5.16. The van der Waals surface area contributed by atoms with E-state index in [-0.39, 0.29) is 0 Å². The predicted octanol–water partition coefficient (Wildman–Crippen LogP) is 4.66. The van der Waals surface area contributed by atoms with Crippen LogP contribution in [-0.2, 0) is 0 Å². The third-order valence-electron chi connectivity index (χ3n) is 6.57. The van der Waals surface area contributed by atoms with Crippen LogP contribution < -0.4 is 5.32 Å². The van der Waals surface area contributed by atoms with Gasteiger partial charge in [-0.2, -0.15) is 0 Å². The molecule has 1 aromatic rings. The predicted molar refractivity (Wildman–Crippen MR) is 106 cm³/mol. The smallest absolute Gasteiger partial charge is 0.0351 e. The van der Waals surface area contributed by atoms with Gasteiger partial charge in [-0.1, -0.05) is 25.0 Å². The first-order valence-corrected chi connectivity index (χ1v) is 10.7. The second-order valence-corrected chi connectivity index (χ2v) is 8.29. The zero-order valence-electron chi connectivity index (χ0n) is 15.8. The van der Waals surface area contributed by atoms with Crippen molar-refractivity contribution in [1.29, 1.82) is 0 Å². The Hall–Kier alpha value is -1.06. The highest BCUT2D eigenvalue weighted by atomic mass is 15.2. The number of nitrogens with one attached hydrogen (secondary N) is 1. The lowest BCUT2D eigenvalue weighted by molar-refractivity contribution is 0.150. The molecule has 25 heavy (non-hydrogen) atoms. The Morgan fingerprint density at radius 1 is 0.840 bits per heavy atom. The van der Waals surface area contributed by atoms with Gasteiger partial charge in [-0.25, -0.2) is 0 Å². The summed E-state index contributed by atoms with van der Waals surface area (Å²) in [6.07, 6.45) is 12.5. The van der Waals surface area contributed by atoms with Crippen LogP contribution in [0.1, 0.15) is 69.4 Å². The van der Waals surface area contributed by atoms with Crippen molar-refractivity contribution in [1.82, 2.24) is 9.80 Å². The zero-order chi connectivity index (χ0) is 16.9. The zero-order valence-corrected chi connectivity index (χ0v) is 15.8. The van der Waals surface area contributed by atoms with E-state index in [0.717, 1.165) is 12.6 Å². The maximum absolute atomic E-state index is 3.62. The van der Waals surface area contributed by atoms with Gasteiger partial charge in [0, 0.05) is 24.3 Å². The fraction of sp³-hybridized carbons (Fsp3) is 0.727. The minimum Gasteiger partial charge on any atom is -0.385 e. The quantitative estimate of drug-likeness (QED) is 0.759. The lowest BCUT2D eigenvalue weighted by Gasteiger charge is -2.34. The van der Waals surface area contributed by atoms with Crippen molar-refractivity contribution in [3.63, 3.8) is 0 Å². The lowest BCUT2D eigenvalue weighted by atomic mass is 10.0. The van der Waals surface area contributed by atoms with Crippen molar-refractivity contribution in [3.05, 3.63) is 29.8 Å². The first-order valence-electron chi connectivity index (χ1n) is 10.7. The number of nitrogens with zero attached hydrogens (tertiary/aromatic N) is 2. The lowest BCUT2D eigenvalue weighted by Crippen LogP contribution is -2.35. The molecule has 3 heterocycles. The standard InChI is InChI=1S/C22H35N3/c1-3-15-24(16-4-1)17-6-14-23-20-10-8-19(9-11-20)22-13-12-21-7-2-5-18-25(21)22/h8-11,21-23H,1-7,12-18H2/t21-,22-/m1/s1. The Kier molecular flexibility index (Phi) is 5.94. The number of benzene rings is 1. The fourth-order valence-corrected chi connectivity index (χ4v) is 5.16. The van der Waals surface area contributed by atoms with E-state index >= 15 is 0 Å². The number of fused-ring (bicyclic) bond motifs is 1. The molecule has 3 fully saturated rings. The number of anilines is 1. The Balaban J connectivity index is 1.23. The van der Waals surface area contributed by atoms with Crippen LogP contribution in [-0.4, -0.2) is 48.6 Å². The Morgan fingerprint density at radius 3 is 2.48 bits per heavy atom. The van der Waals surface area contributed by atoms with Gasteiger partial charge in [0.2, 0.25) is 0 Å². The molecule has 2 atom stereocenters. The summed E-state index contributed by atoms with van der Waals surface area (Å²) in [5.74, 6) is 0. The largest absolute Gasteiger partial charge is 0.385 e. The van der Waals surface area contributed by atoms with Crippen molar-refractivity contribution < 1.29 is 0 Å². The second kappa shape index (κ2) is 8.55. The summed E-state index contributed by atoms with van der Waals surface area (Å²) in [6.45, 7) is 6.28. The van der Waals surface area contributed by atoms with E-state index in [4.69, 9.17) is 0 Å². The SMILES string of the molecule is c1cc([C@H]2CC[C@H]3CCCCN32)ccc1NCCCN1CCCCC1. The molecule has 0 aliphatic carbocycles. The number of hydrogen-bond donors (Lipinski definition) is 1. The van der Waals surface area contributed by atoms with E-state index in [0.29, 0.717) is 6.04 Å². The summed E-state index contributed by atoms with van der Waals surface area (Å²) in [4.78, 5) is 5.41. The molecular weight excluding hydrogens is 306 g/mol. The molecule has 3 aliphatic heterocycles. The number of piperidine rings is 2. The van der Waals surface area contributed by atoms with Gasteiger partial charge in [-0.05, 0) is 88.8 Å². The van der Waals surface area contributed by atoms with Crippen LogP contribution in [0.3, 0.4) is 0 Å². The molecule has 3 aliphatic rings. The molecule has 0 bridgehead atoms. The normalized spacial score (nSPS) is 28.0. The van der Waals surface area contributed by atoms with Crippen molar-refractivity contribution in [2.75, 3.05) is 38.0 Å². The monoisotopic (exact) mass is 341 g/mol. The maximum Gasteiger partial charge on any atom is 0.0351 e. The Bertz CT molecular complexity index is 521. The molecule has 138 valence electrons. The summed E-state index contributed by atoms with van der Waals surface area (Å²) in [7, 11) is 0. The van der Waals surface area contributed by atoms with Crippen molar-refractivity contribution in [2.45, 2.75) is 69.9 Å². The average Bonchev–Trinajstić information content (AvgIpc) is 3.11. The van der Waals surface area contributed by atoms with Crippen LogP contribution in [0.15, 0.2) is 24.3 Å². The van der Waals surface area contributed by atoms with E-state index in [9.17, 15) is 0 Å². The summed E-state index contributed by atoms with van der Waals surface area (Å²) >= 11 is 0. The van der Waals surface area contributed by atoms with Crippen molar-refractivity contribution in [2.24, 2.45) is 0 Å². The molecule has 0 radical (unpaired) electrons. The minimum absolute atomic E-state index is 0.679. The van der Waals surface area contributed by atoms with E-state index in [1.165, 1.54) is 95.2 Å². The van der Waals surface area contributed by atoms with Crippen molar-refractivity contribution >= 4 is 5.69 Å². The average molecular weight is 342 g/mol. The summed E-state index contributed by atoms with van der Waals surface area (Å²) in [6, 6.07) is 10.9. The molecular formula is C22H35N3. The van der Waals surface area contributed by atoms with Gasteiger partial charge in [0.25, 0.3) is 0 Å². The van der Waals surface area contributed by atoms with Gasteiger partial charge in [0.1, 0.15) is 0 Å². The van der Waals surface area contributed by atoms with E-state index < -0.39 is 0 Å². The Morgan fingerprint density at radius 2 is 1.64 bits per heavy atom. The van der Waals surface area contributed by atoms with Gasteiger partial charge >= 0.3 is 0 Å². The van der Waals surface area contributed by atoms with Crippen LogP contribution in [0.25, 0.3) is 0 Å². The molecule has 1 N–H and O–H groups in total. The molecule has 4 rings (SSSR count). The van der Waals surface area contributed by atoms with Crippen LogP contribution in [0, 0.1) is 0 Å². The highest BCUT2D eigenvalue weighted by Gasteiger charge is 2.35. The molecule has 3 nitrogen and oxygen atoms in total. The van der Waals surface area contributed by atoms with Crippen LogP contribution in [0.2, 0.25) is 0 Å². The third-order valence-corrected chi connectivity index (χ3v) is 6.57.